The van der Waals surface area contributed by atoms with E-state index in [2.05, 4.69) is 24.1 Å². The van der Waals surface area contributed by atoms with Crippen LogP contribution in [0, 0.1) is 16.0 Å². The summed E-state index contributed by atoms with van der Waals surface area (Å²) in [5, 5.41) is 13.4. The van der Waals surface area contributed by atoms with Crippen LogP contribution in [0.4, 0.5) is 5.69 Å². The molecule has 8 heteroatoms. The van der Waals surface area contributed by atoms with E-state index in [0.717, 1.165) is 19.6 Å². The van der Waals surface area contributed by atoms with Crippen molar-refractivity contribution in [2.45, 2.75) is 20.0 Å². The molecule has 8 nitrogen and oxygen atoms in total. The van der Waals surface area contributed by atoms with Crippen LogP contribution in [0.3, 0.4) is 0 Å². The third-order valence-electron chi connectivity index (χ3n) is 3.79. The molecule has 1 saturated heterocycles. The van der Waals surface area contributed by atoms with Gasteiger partial charge in [0, 0.05) is 38.3 Å². The van der Waals surface area contributed by atoms with Gasteiger partial charge in [-0.2, -0.15) is 0 Å². The van der Waals surface area contributed by atoms with Crippen LogP contribution in [0.5, 0.6) is 5.75 Å². The number of non-ortho nitro benzene ring substituents is 1. The third kappa shape index (κ3) is 6.67. The molecule has 1 heterocycles. The lowest BCUT2D eigenvalue weighted by Crippen LogP contribution is -2.48. The number of ether oxygens (including phenoxy) is 2. The minimum Gasteiger partial charge on any atom is -0.484 e. The molecule has 0 aromatic heterocycles. The first-order valence-electron chi connectivity index (χ1n) is 8.42. The van der Waals surface area contributed by atoms with E-state index in [9.17, 15) is 14.9 Å². The Kier molecular flexibility index (Phi) is 7.15. The minimum atomic E-state index is -0.483. The molecule has 1 N–H and O–H groups in total. The van der Waals surface area contributed by atoms with Crippen LogP contribution in [0.2, 0.25) is 0 Å². The summed E-state index contributed by atoms with van der Waals surface area (Å²) in [5.41, 5.74) is -0.0165. The van der Waals surface area contributed by atoms with E-state index in [1.807, 2.05) is 0 Å². The summed E-state index contributed by atoms with van der Waals surface area (Å²) in [7, 11) is 0. The van der Waals surface area contributed by atoms with Crippen molar-refractivity contribution in [3.63, 3.8) is 0 Å². The van der Waals surface area contributed by atoms with Gasteiger partial charge in [-0.15, -0.1) is 0 Å². The van der Waals surface area contributed by atoms with Crippen LogP contribution in [-0.2, 0) is 9.53 Å². The Hall–Kier alpha value is -2.19. The Morgan fingerprint density at radius 1 is 1.44 bits per heavy atom. The number of nitro benzene ring substituents is 1. The first-order chi connectivity index (χ1) is 11.9. The SMILES string of the molecule is CC(C)CN1CCOC(CNC(=O)COc2ccc([N+](=O)[O-])cc2)C1. The Morgan fingerprint density at radius 3 is 2.80 bits per heavy atom. The molecule has 0 bridgehead atoms. The van der Waals surface area contributed by atoms with Crippen molar-refractivity contribution >= 4 is 11.6 Å². The highest BCUT2D eigenvalue weighted by molar-refractivity contribution is 5.77. The molecule has 2 rings (SSSR count). The van der Waals surface area contributed by atoms with Gasteiger partial charge in [0.1, 0.15) is 5.75 Å². The van der Waals surface area contributed by atoms with Gasteiger partial charge in [0.2, 0.25) is 0 Å². The summed E-state index contributed by atoms with van der Waals surface area (Å²) in [4.78, 5) is 24.3. The first kappa shape index (κ1) is 19.1. The van der Waals surface area contributed by atoms with E-state index in [-0.39, 0.29) is 24.3 Å². The second-order valence-electron chi connectivity index (χ2n) is 6.49. The zero-order valence-corrected chi connectivity index (χ0v) is 14.6. The molecule has 1 aliphatic rings. The van der Waals surface area contributed by atoms with Gasteiger partial charge in [-0.05, 0) is 18.1 Å². The van der Waals surface area contributed by atoms with Crippen molar-refractivity contribution < 1.29 is 19.2 Å². The summed E-state index contributed by atoms with van der Waals surface area (Å²) in [5.74, 6) is 0.768. The second-order valence-corrected chi connectivity index (χ2v) is 6.49. The predicted octanol–water partition coefficient (Wildman–Crippen LogP) is 1.45. The summed E-state index contributed by atoms with van der Waals surface area (Å²) in [6, 6.07) is 5.62. The summed E-state index contributed by atoms with van der Waals surface area (Å²) in [6.07, 6.45) is -0.0178. The number of nitrogens with one attached hydrogen (secondary N) is 1. The highest BCUT2D eigenvalue weighted by Gasteiger charge is 2.21. The molecule has 25 heavy (non-hydrogen) atoms. The highest BCUT2D eigenvalue weighted by atomic mass is 16.6. The zero-order chi connectivity index (χ0) is 18.2. The predicted molar refractivity (Wildman–Crippen MR) is 92.6 cm³/mol. The Bertz CT molecular complexity index is 576. The number of carbonyl (C=O) groups is 1. The lowest BCUT2D eigenvalue weighted by molar-refractivity contribution is -0.384. The van der Waals surface area contributed by atoms with Crippen molar-refractivity contribution in [2.24, 2.45) is 5.92 Å². The minimum absolute atomic E-state index is 0.0165. The molecule has 1 aliphatic heterocycles. The Balaban J connectivity index is 1.69. The standard InChI is InChI=1S/C17H25N3O5/c1-13(2)10-19-7-8-24-16(11-19)9-18-17(21)12-25-15-5-3-14(4-6-15)20(22)23/h3-6,13,16H,7-12H2,1-2H3,(H,18,21). The number of morpholine rings is 1. The Labute approximate surface area is 147 Å². The number of nitrogens with zero attached hydrogens (tertiary/aromatic N) is 2. The molecule has 0 saturated carbocycles. The maximum absolute atomic E-state index is 11.9. The van der Waals surface area contributed by atoms with E-state index in [4.69, 9.17) is 9.47 Å². The summed E-state index contributed by atoms with van der Waals surface area (Å²) in [6.45, 7) is 8.10. The van der Waals surface area contributed by atoms with Crippen LogP contribution in [-0.4, -0.2) is 61.2 Å². The van der Waals surface area contributed by atoms with E-state index >= 15 is 0 Å². The van der Waals surface area contributed by atoms with Crippen LogP contribution in [0.25, 0.3) is 0 Å². The van der Waals surface area contributed by atoms with Crippen LogP contribution < -0.4 is 10.1 Å². The van der Waals surface area contributed by atoms with Gasteiger partial charge < -0.3 is 14.8 Å². The number of amides is 1. The van der Waals surface area contributed by atoms with Gasteiger partial charge in [0.25, 0.3) is 11.6 Å². The maximum Gasteiger partial charge on any atom is 0.269 e. The normalized spacial score (nSPS) is 18.1. The number of rotatable bonds is 8. The fraction of sp³-hybridized carbons (Fsp3) is 0.588. The van der Waals surface area contributed by atoms with Crippen LogP contribution in [0.15, 0.2) is 24.3 Å². The second kappa shape index (κ2) is 9.33. The molecule has 0 spiro atoms. The quantitative estimate of drug-likeness (QED) is 0.563. The molecule has 1 fully saturated rings. The average Bonchev–Trinajstić information content (AvgIpc) is 2.58. The van der Waals surface area contributed by atoms with Crippen molar-refractivity contribution in [1.29, 1.82) is 0 Å². The van der Waals surface area contributed by atoms with Crippen molar-refractivity contribution in [2.75, 3.05) is 39.4 Å². The lowest BCUT2D eigenvalue weighted by atomic mass is 10.2. The zero-order valence-electron chi connectivity index (χ0n) is 14.6. The van der Waals surface area contributed by atoms with E-state index in [0.29, 0.717) is 24.8 Å². The molecule has 1 amide bonds. The smallest absolute Gasteiger partial charge is 0.269 e. The fourth-order valence-electron chi connectivity index (χ4n) is 2.68. The monoisotopic (exact) mass is 351 g/mol. The molecule has 1 unspecified atom stereocenters. The van der Waals surface area contributed by atoms with Crippen molar-refractivity contribution in [3.8, 4) is 5.75 Å². The Morgan fingerprint density at radius 2 is 2.16 bits per heavy atom. The number of benzene rings is 1. The topological polar surface area (TPSA) is 93.9 Å². The van der Waals surface area contributed by atoms with Gasteiger partial charge in [0.15, 0.2) is 6.61 Å². The molecule has 0 radical (unpaired) electrons. The third-order valence-corrected chi connectivity index (χ3v) is 3.79. The number of carbonyl (C=O) groups excluding carboxylic acids is 1. The first-order valence-corrected chi connectivity index (χ1v) is 8.42. The van der Waals surface area contributed by atoms with Gasteiger partial charge in [-0.1, -0.05) is 13.8 Å². The molecule has 0 aliphatic carbocycles. The summed E-state index contributed by atoms with van der Waals surface area (Å²) < 4.78 is 11.0. The van der Waals surface area contributed by atoms with Gasteiger partial charge in [-0.25, -0.2) is 0 Å². The molecular formula is C17H25N3O5. The average molecular weight is 351 g/mol. The van der Waals surface area contributed by atoms with Gasteiger partial charge >= 0.3 is 0 Å². The van der Waals surface area contributed by atoms with E-state index < -0.39 is 4.92 Å². The van der Waals surface area contributed by atoms with Crippen LogP contribution in [0.1, 0.15) is 13.8 Å². The van der Waals surface area contributed by atoms with Crippen molar-refractivity contribution in [3.05, 3.63) is 34.4 Å². The lowest BCUT2D eigenvalue weighted by Gasteiger charge is -2.33. The largest absolute Gasteiger partial charge is 0.484 e. The fourth-order valence-corrected chi connectivity index (χ4v) is 2.68. The molecular weight excluding hydrogens is 326 g/mol. The molecule has 1 aromatic rings. The van der Waals surface area contributed by atoms with Crippen LogP contribution >= 0.6 is 0 Å². The summed E-state index contributed by atoms with van der Waals surface area (Å²) >= 11 is 0. The van der Waals surface area contributed by atoms with Gasteiger partial charge in [0.05, 0.1) is 17.6 Å². The number of nitro groups is 1. The molecule has 1 atom stereocenters. The highest BCUT2D eigenvalue weighted by Crippen LogP contribution is 2.17. The number of hydrogen-bond acceptors (Lipinski definition) is 6. The van der Waals surface area contributed by atoms with Gasteiger partial charge in [-0.3, -0.25) is 19.8 Å². The molecule has 1 aromatic carbocycles. The van der Waals surface area contributed by atoms with E-state index in [1.54, 1.807) is 0 Å². The molecule has 138 valence electrons. The number of hydrogen-bond donors (Lipinski definition) is 1. The van der Waals surface area contributed by atoms with E-state index in [1.165, 1.54) is 24.3 Å². The maximum atomic E-state index is 11.9. The van der Waals surface area contributed by atoms with Crippen molar-refractivity contribution in [1.82, 2.24) is 10.2 Å².